The van der Waals surface area contributed by atoms with Gasteiger partial charge in [0.05, 0.1) is 12.8 Å². The monoisotopic (exact) mass is 267 g/mol. The highest BCUT2D eigenvalue weighted by molar-refractivity contribution is 7.99. The number of nitrogens with one attached hydrogen (secondary N) is 1. The van der Waals surface area contributed by atoms with Gasteiger partial charge in [-0.1, -0.05) is 0 Å². The Bertz CT molecular complexity index is 607. The Kier molecular flexibility index (Phi) is 3.56. The third-order valence-corrected chi connectivity index (χ3v) is 3.22. The molecule has 2 rings (SSSR count). The number of pyridine rings is 1. The molecule has 0 unspecified atom stereocenters. The molecular formula is C10H13N5O2S. The number of H-pyrrole nitrogens is 1. The van der Waals surface area contributed by atoms with Crippen molar-refractivity contribution in [1.82, 2.24) is 19.7 Å². The van der Waals surface area contributed by atoms with Crippen molar-refractivity contribution in [2.75, 3.05) is 12.8 Å². The van der Waals surface area contributed by atoms with E-state index in [1.807, 2.05) is 6.92 Å². The van der Waals surface area contributed by atoms with Crippen LogP contribution < -0.4 is 16.2 Å². The van der Waals surface area contributed by atoms with Crippen LogP contribution in [0, 0.1) is 0 Å². The highest BCUT2D eigenvalue weighted by Crippen LogP contribution is 2.27. The van der Waals surface area contributed by atoms with E-state index in [1.54, 1.807) is 12.1 Å². The highest BCUT2D eigenvalue weighted by atomic mass is 32.2. The lowest BCUT2D eigenvalue weighted by atomic mass is 10.4. The summed E-state index contributed by atoms with van der Waals surface area (Å²) in [5.41, 5.74) is 5.92. The number of ether oxygens (including phenoxy) is 1. The van der Waals surface area contributed by atoms with Crippen molar-refractivity contribution in [2.45, 2.75) is 23.7 Å². The summed E-state index contributed by atoms with van der Waals surface area (Å²) in [4.78, 5) is 15.6. The molecule has 0 aliphatic carbocycles. The van der Waals surface area contributed by atoms with E-state index in [-0.39, 0.29) is 5.69 Å². The molecule has 18 heavy (non-hydrogen) atoms. The molecule has 2 aromatic rings. The summed E-state index contributed by atoms with van der Waals surface area (Å²) >= 11 is 1.27. The molecule has 0 aromatic carbocycles. The Morgan fingerprint density at radius 1 is 1.56 bits per heavy atom. The van der Waals surface area contributed by atoms with Gasteiger partial charge >= 0.3 is 5.69 Å². The van der Waals surface area contributed by atoms with Gasteiger partial charge in [-0.15, -0.1) is 5.10 Å². The average molecular weight is 267 g/mol. The van der Waals surface area contributed by atoms with E-state index in [2.05, 4.69) is 15.2 Å². The minimum Gasteiger partial charge on any atom is -0.480 e. The first-order chi connectivity index (χ1) is 8.65. The molecule has 2 heterocycles. The highest BCUT2D eigenvalue weighted by Gasteiger charge is 2.10. The number of aromatic amines is 1. The summed E-state index contributed by atoms with van der Waals surface area (Å²) < 4.78 is 6.56. The normalized spacial score (nSPS) is 10.6. The standard InChI is InChI=1S/C10H13N5O2S/c1-3-15-9(16)13-14-10(15)18-7-5-4-6(11)8(12-7)17-2/h4-5H,3,11H2,1-2H3,(H,13,16). The minimum atomic E-state index is -0.234. The zero-order valence-electron chi connectivity index (χ0n) is 10.0. The van der Waals surface area contributed by atoms with Gasteiger partial charge in [0.1, 0.15) is 5.03 Å². The zero-order valence-corrected chi connectivity index (χ0v) is 10.8. The second-order valence-electron chi connectivity index (χ2n) is 3.41. The largest absolute Gasteiger partial charge is 0.480 e. The molecule has 8 heteroatoms. The van der Waals surface area contributed by atoms with Crippen LogP contribution in [0.4, 0.5) is 5.69 Å². The van der Waals surface area contributed by atoms with Crippen molar-refractivity contribution in [2.24, 2.45) is 0 Å². The smallest absolute Gasteiger partial charge is 0.343 e. The number of anilines is 1. The number of rotatable bonds is 4. The molecule has 2 aromatic heterocycles. The lowest BCUT2D eigenvalue weighted by Crippen LogP contribution is -2.16. The maximum atomic E-state index is 11.4. The predicted molar refractivity (Wildman–Crippen MR) is 67.8 cm³/mol. The number of nitrogen functional groups attached to an aromatic ring is 1. The SMILES string of the molecule is CCn1c(Sc2ccc(N)c(OC)n2)n[nH]c1=O. The van der Waals surface area contributed by atoms with E-state index in [0.717, 1.165) is 0 Å². The van der Waals surface area contributed by atoms with Gasteiger partial charge in [-0.25, -0.2) is 14.9 Å². The number of hydrogen-bond donors (Lipinski definition) is 2. The lowest BCUT2D eigenvalue weighted by molar-refractivity contribution is 0.397. The lowest BCUT2D eigenvalue weighted by Gasteiger charge is -2.05. The first kappa shape index (κ1) is 12.5. The van der Waals surface area contributed by atoms with E-state index < -0.39 is 0 Å². The van der Waals surface area contributed by atoms with Crippen LogP contribution in [-0.2, 0) is 6.54 Å². The fraction of sp³-hybridized carbons (Fsp3) is 0.300. The maximum absolute atomic E-state index is 11.4. The summed E-state index contributed by atoms with van der Waals surface area (Å²) in [5.74, 6) is 0.362. The van der Waals surface area contributed by atoms with E-state index >= 15 is 0 Å². The number of hydrogen-bond acceptors (Lipinski definition) is 6. The fourth-order valence-corrected chi connectivity index (χ4v) is 2.27. The van der Waals surface area contributed by atoms with Gasteiger partial charge < -0.3 is 10.5 Å². The molecule has 0 spiro atoms. The number of methoxy groups -OCH3 is 1. The van der Waals surface area contributed by atoms with E-state index in [0.29, 0.717) is 28.3 Å². The Morgan fingerprint density at radius 3 is 3.00 bits per heavy atom. The van der Waals surface area contributed by atoms with Gasteiger partial charge in [-0.05, 0) is 30.8 Å². The second kappa shape index (κ2) is 5.13. The van der Waals surface area contributed by atoms with Crippen molar-refractivity contribution >= 4 is 17.4 Å². The molecule has 0 saturated carbocycles. The predicted octanol–water partition coefficient (Wildman–Crippen LogP) is 0.728. The summed E-state index contributed by atoms with van der Waals surface area (Å²) in [6.45, 7) is 2.42. The summed E-state index contributed by atoms with van der Waals surface area (Å²) in [6.07, 6.45) is 0. The number of aromatic nitrogens is 4. The Labute approximate surface area is 107 Å². The van der Waals surface area contributed by atoms with E-state index in [9.17, 15) is 4.79 Å². The topological polar surface area (TPSA) is 98.8 Å². The molecular weight excluding hydrogens is 254 g/mol. The quantitative estimate of drug-likeness (QED) is 0.847. The van der Waals surface area contributed by atoms with E-state index in [1.165, 1.54) is 23.4 Å². The van der Waals surface area contributed by atoms with Crippen LogP contribution in [0.5, 0.6) is 5.88 Å². The van der Waals surface area contributed by atoms with Crippen molar-refractivity contribution in [3.63, 3.8) is 0 Å². The van der Waals surface area contributed by atoms with Gasteiger partial charge in [-0.2, -0.15) is 0 Å². The Balaban J connectivity index is 2.31. The number of nitrogens with two attached hydrogens (primary N) is 1. The molecule has 96 valence electrons. The Hall–Kier alpha value is -1.96. The van der Waals surface area contributed by atoms with Gasteiger partial charge in [0.2, 0.25) is 5.88 Å². The fourth-order valence-electron chi connectivity index (χ4n) is 1.41. The molecule has 0 amide bonds. The van der Waals surface area contributed by atoms with Crippen LogP contribution in [-0.4, -0.2) is 26.9 Å². The first-order valence-corrected chi connectivity index (χ1v) is 6.11. The van der Waals surface area contributed by atoms with Gasteiger partial charge in [0.15, 0.2) is 5.16 Å². The molecule has 7 nitrogen and oxygen atoms in total. The third kappa shape index (κ3) is 2.33. The molecule has 0 aliphatic rings. The van der Waals surface area contributed by atoms with Crippen LogP contribution in [0.1, 0.15) is 6.92 Å². The maximum Gasteiger partial charge on any atom is 0.343 e. The van der Waals surface area contributed by atoms with Crippen molar-refractivity contribution in [3.05, 3.63) is 22.6 Å². The van der Waals surface area contributed by atoms with Crippen LogP contribution in [0.2, 0.25) is 0 Å². The van der Waals surface area contributed by atoms with Crippen LogP contribution in [0.3, 0.4) is 0 Å². The van der Waals surface area contributed by atoms with Crippen LogP contribution in [0.15, 0.2) is 27.1 Å². The molecule has 3 N–H and O–H groups in total. The summed E-state index contributed by atoms with van der Waals surface area (Å²) in [6, 6.07) is 3.46. The Morgan fingerprint density at radius 2 is 2.33 bits per heavy atom. The summed E-state index contributed by atoms with van der Waals surface area (Å²) in [7, 11) is 1.50. The zero-order chi connectivity index (χ0) is 13.1. The molecule has 0 saturated heterocycles. The first-order valence-electron chi connectivity index (χ1n) is 5.29. The van der Waals surface area contributed by atoms with E-state index in [4.69, 9.17) is 10.5 Å². The summed E-state index contributed by atoms with van der Waals surface area (Å²) in [5, 5.41) is 7.56. The van der Waals surface area contributed by atoms with Crippen molar-refractivity contribution in [3.8, 4) is 5.88 Å². The third-order valence-electron chi connectivity index (χ3n) is 2.29. The minimum absolute atomic E-state index is 0.234. The number of nitrogens with zero attached hydrogens (tertiary/aromatic N) is 3. The van der Waals surface area contributed by atoms with Crippen LogP contribution in [0.25, 0.3) is 0 Å². The van der Waals surface area contributed by atoms with Crippen molar-refractivity contribution in [1.29, 1.82) is 0 Å². The second-order valence-corrected chi connectivity index (χ2v) is 4.39. The molecule has 0 aliphatic heterocycles. The van der Waals surface area contributed by atoms with Gasteiger partial charge in [0, 0.05) is 6.54 Å². The van der Waals surface area contributed by atoms with Gasteiger partial charge in [0.25, 0.3) is 0 Å². The van der Waals surface area contributed by atoms with Crippen molar-refractivity contribution < 1.29 is 4.74 Å². The molecule has 0 bridgehead atoms. The van der Waals surface area contributed by atoms with Crippen LogP contribution >= 0.6 is 11.8 Å². The molecule has 0 radical (unpaired) electrons. The average Bonchev–Trinajstić information content (AvgIpc) is 2.72. The van der Waals surface area contributed by atoms with Gasteiger partial charge in [-0.3, -0.25) is 4.57 Å². The molecule has 0 fully saturated rings. The molecule has 0 atom stereocenters.